The summed E-state index contributed by atoms with van der Waals surface area (Å²) in [6.07, 6.45) is -2.24. The number of aliphatic hydroxyl groups excluding tert-OH is 1. The zero-order valence-electron chi connectivity index (χ0n) is 27.6. The van der Waals surface area contributed by atoms with E-state index in [0.29, 0.717) is 0 Å². The molecule has 1 aliphatic heterocycles. The maximum atomic E-state index is 14.5. The molecule has 2 aromatic heterocycles. The van der Waals surface area contributed by atoms with Crippen LogP contribution in [0.4, 0.5) is 5.95 Å². The molecule has 1 saturated heterocycles. The van der Waals surface area contributed by atoms with Gasteiger partial charge in [-0.2, -0.15) is 9.97 Å². The van der Waals surface area contributed by atoms with Crippen molar-refractivity contribution in [2.75, 3.05) is 32.7 Å². The Kier molecular flexibility index (Phi) is 12.9. The van der Waals surface area contributed by atoms with Gasteiger partial charge in [-0.05, 0) is 45.4 Å². The lowest BCUT2D eigenvalue weighted by Crippen LogP contribution is -2.47. The molecule has 0 aliphatic carbocycles. The number of nitrogen functional groups attached to an aromatic ring is 1. The summed E-state index contributed by atoms with van der Waals surface area (Å²) in [6, 6.07) is -2.13. The lowest BCUT2D eigenvalue weighted by molar-refractivity contribution is -0.146. The van der Waals surface area contributed by atoms with Crippen molar-refractivity contribution in [1.82, 2.24) is 29.7 Å². The second-order valence-electron chi connectivity index (χ2n) is 12.1. The third-order valence-corrected chi connectivity index (χ3v) is 9.05. The van der Waals surface area contributed by atoms with E-state index < -0.39 is 62.3 Å². The van der Waals surface area contributed by atoms with Crippen LogP contribution in [0.25, 0.3) is 11.2 Å². The minimum absolute atomic E-state index is 0.0100. The van der Waals surface area contributed by atoms with Crippen LogP contribution < -0.4 is 20.6 Å². The number of anilines is 1. The number of esters is 2. The zero-order valence-corrected chi connectivity index (χ0v) is 28.5. The Morgan fingerprint density at radius 3 is 2.11 bits per heavy atom. The van der Waals surface area contributed by atoms with E-state index in [0.717, 1.165) is 0 Å². The molecule has 6 N–H and O–H groups in total. The summed E-state index contributed by atoms with van der Waals surface area (Å²) in [5, 5.41) is 28.1. The quantitative estimate of drug-likeness (QED) is 0.119. The highest BCUT2D eigenvalue weighted by Gasteiger charge is 2.54. The number of aliphatic hydroxyl groups is 2. The van der Waals surface area contributed by atoms with Crippen LogP contribution >= 0.6 is 7.67 Å². The van der Waals surface area contributed by atoms with Crippen molar-refractivity contribution in [3.63, 3.8) is 0 Å². The molecule has 1 aliphatic rings. The Hall–Kier alpha value is -2.92. The molecule has 46 heavy (non-hydrogen) atoms. The predicted octanol–water partition coefficient (Wildman–Crippen LogP) is 1.69. The van der Waals surface area contributed by atoms with Gasteiger partial charge in [0.2, 0.25) is 11.8 Å². The van der Waals surface area contributed by atoms with Crippen LogP contribution in [0.2, 0.25) is 0 Å². The largest absolute Gasteiger partial charge is 0.479 e. The van der Waals surface area contributed by atoms with Gasteiger partial charge < -0.3 is 39.4 Å². The van der Waals surface area contributed by atoms with E-state index in [1.54, 1.807) is 13.8 Å². The lowest BCUT2D eigenvalue weighted by atomic mass is 9.96. The summed E-state index contributed by atoms with van der Waals surface area (Å²) in [6.45, 7) is 11.8. The summed E-state index contributed by atoms with van der Waals surface area (Å²) in [4.78, 5) is 38.2. The highest BCUT2D eigenvalue weighted by atomic mass is 31.2. The number of ether oxygens (including phenoxy) is 4. The molecule has 0 radical (unpaired) electrons. The highest BCUT2D eigenvalue weighted by molar-refractivity contribution is 7.54. The van der Waals surface area contributed by atoms with Crippen LogP contribution in [0.5, 0.6) is 5.88 Å². The number of nitrogens with two attached hydrogens (primary N) is 1. The van der Waals surface area contributed by atoms with Gasteiger partial charge in [-0.1, -0.05) is 27.7 Å². The fourth-order valence-electron chi connectivity index (χ4n) is 5.13. The maximum Gasteiger partial charge on any atom is 0.342 e. The molecular weight excluding hydrogens is 625 g/mol. The summed E-state index contributed by atoms with van der Waals surface area (Å²) in [5.74, 6) is -1.33. The molecule has 0 aromatic carbocycles. The Morgan fingerprint density at radius 2 is 1.63 bits per heavy atom. The molecule has 3 heterocycles. The van der Waals surface area contributed by atoms with Gasteiger partial charge in [0.15, 0.2) is 17.4 Å². The number of hydrogen-bond donors (Lipinski definition) is 5. The molecule has 0 spiro atoms. The third kappa shape index (κ3) is 8.91. The maximum absolute atomic E-state index is 14.5. The molecule has 17 nitrogen and oxygen atoms in total. The van der Waals surface area contributed by atoms with Gasteiger partial charge in [-0.25, -0.2) is 15.2 Å². The number of carbonyl (C=O) groups is 2. The van der Waals surface area contributed by atoms with Crippen molar-refractivity contribution in [1.29, 1.82) is 0 Å². The number of fused-ring (bicyclic) bond motifs is 1. The Bertz CT molecular complexity index is 1350. The van der Waals surface area contributed by atoms with E-state index in [1.165, 1.54) is 24.9 Å². The SMILES string of the molecule is CCOC(=O)[C@H](CC(C)C)NP(=O)(N[C@@H](CC(C)C)C(=O)OCC)OC[C@H]1OC(n2cnc3c(OC)nc(N)nc32)C(C)(O)C1O. The first-order valence-electron chi connectivity index (χ1n) is 15.3. The second-order valence-corrected chi connectivity index (χ2v) is 14.0. The first-order chi connectivity index (χ1) is 21.6. The number of nitrogens with one attached hydrogen (secondary N) is 2. The number of methoxy groups -OCH3 is 1. The van der Waals surface area contributed by atoms with E-state index in [9.17, 15) is 24.4 Å². The number of rotatable bonds is 17. The monoisotopic (exact) mass is 673 g/mol. The van der Waals surface area contributed by atoms with Gasteiger partial charge in [-0.15, -0.1) is 0 Å². The van der Waals surface area contributed by atoms with Gasteiger partial charge in [-0.3, -0.25) is 18.7 Å². The van der Waals surface area contributed by atoms with Crippen LogP contribution in [0.3, 0.4) is 0 Å². The number of carbonyl (C=O) groups excluding carboxylic acids is 2. The van der Waals surface area contributed by atoms with Crippen LogP contribution in [0.1, 0.15) is 67.5 Å². The Labute approximate surface area is 268 Å². The minimum Gasteiger partial charge on any atom is -0.479 e. The highest BCUT2D eigenvalue weighted by Crippen LogP contribution is 2.45. The number of imidazole rings is 1. The molecule has 18 heteroatoms. The van der Waals surface area contributed by atoms with Crippen molar-refractivity contribution >= 4 is 36.7 Å². The molecular formula is C28H48N7O10P. The number of hydrogen-bond acceptors (Lipinski definition) is 14. The standard InChI is InChI=1S/C28H48N7O10P/c1-9-42-24(37)17(11-15(3)4)33-46(40,34-18(12-16(5)6)25(38)43-10-2)44-13-19-21(36)28(7,39)26(45-19)35-14-30-20-22(35)31-27(29)32-23(20)41-8/h14-19,21,26,36,39H,9-13H2,1-8H3,(H2,29,31,32)(H2,33,34,40)/t17-,18-,19+,21?,26?,28?/m0/s1. The summed E-state index contributed by atoms with van der Waals surface area (Å²) in [5.41, 5.74) is 4.34. The van der Waals surface area contributed by atoms with Crippen molar-refractivity contribution in [2.24, 2.45) is 11.8 Å². The van der Waals surface area contributed by atoms with E-state index in [-0.39, 0.29) is 60.9 Å². The first kappa shape index (κ1) is 37.5. The predicted molar refractivity (Wildman–Crippen MR) is 166 cm³/mol. The van der Waals surface area contributed by atoms with Crippen molar-refractivity contribution < 1.29 is 47.8 Å². The normalized spacial score (nSPS) is 23.2. The first-order valence-corrected chi connectivity index (χ1v) is 16.9. The van der Waals surface area contributed by atoms with Crippen LogP contribution in [-0.2, 0) is 32.9 Å². The minimum atomic E-state index is -4.30. The average molecular weight is 674 g/mol. The van der Waals surface area contributed by atoms with E-state index >= 15 is 0 Å². The third-order valence-electron chi connectivity index (χ3n) is 7.24. The van der Waals surface area contributed by atoms with Crippen LogP contribution in [-0.4, -0.2) is 98.5 Å². The average Bonchev–Trinajstić information content (AvgIpc) is 3.47. The fraction of sp³-hybridized carbons (Fsp3) is 0.750. The van der Waals surface area contributed by atoms with Crippen molar-refractivity contribution in [3.8, 4) is 5.88 Å². The molecule has 1 fully saturated rings. The number of aromatic nitrogens is 4. The van der Waals surface area contributed by atoms with Crippen LogP contribution in [0, 0.1) is 11.8 Å². The van der Waals surface area contributed by atoms with Gasteiger partial charge in [0.25, 0.3) is 0 Å². The number of nitrogens with zero attached hydrogens (tertiary/aromatic N) is 4. The summed E-state index contributed by atoms with van der Waals surface area (Å²) >= 11 is 0. The second kappa shape index (κ2) is 15.8. The van der Waals surface area contributed by atoms with Gasteiger partial charge in [0, 0.05) is 0 Å². The Balaban J connectivity index is 1.94. The van der Waals surface area contributed by atoms with Crippen molar-refractivity contribution in [3.05, 3.63) is 6.33 Å². The molecule has 260 valence electrons. The lowest BCUT2D eigenvalue weighted by Gasteiger charge is -2.30. The van der Waals surface area contributed by atoms with Gasteiger partial charge >= 0.3 is 19.6 Å². The van der Waals surface area contributed by atoms with Crippen LogP contribution in [0.15, 0.2) is 6.33 Å². The molecule has 3 unspecified atom stereocenters. The zero-order chi connectivity index (χ0) is 34.4. The molecule has 2 aromatic rings. The topological polar surface area (TPSA) is 232 Å². The van der Waals surface area contributed by atoms with Crippen molar-refractivity contribution in [2.45, 2.75) is 97.4 Å². The fourth-order valence-corrected chi connectivity index (χ4v) is 6.95. The molecule has 0 saturated carbocycles. The Morgan fingerprint density at radius 1 is 1.09 bits per heavy atom. The van der Waals surface area contributed by atoms with Gasteiger partial charge in [0.1, 0.15) is 29.9 Å². The smallest absolute Gasteiger partial charge is 0.342 e. The summed E-state index contributed by atoms with van der Waals surface area (Å²) in [7, 11) is -2.91. The van der Waals surface area contributed by atoms with E-state index in [2.05, 4.69) is 25.1 Å². The molecule has 3 rings (SSSR count). The molecule has 0 bridgehead atoms. The van der Waals surface area contributed by atoms with Gasteiger partial charge in [0.05, 0.1) is 33.3 Å². The van der Waals surface area contributed by atoms with E-state index in [1.807, 2.05) is 27.7 Å². The molecule has 0 amide bonds. The molecule has 6 atom stereocenters. The summed E-state index contributed by atoms with van der Waals surface area (Å²) < 4.78 is 43.5. The van der Waals surface area contributed by atoms with E-state index in [4.69, 9.17) is 29.2 Å².